The lowest BCUT2D eigenvalue weighted by Gasteiger charge is -2.16. The van der Waals surface area contributed by atoms with Crippen LogP contribution in [0.15, 0.2) is 11.1 Å². The van der Waals surface area contributed by atoms with Crippen molar-refractivity contribution in [1.82, 2.24) is 19.6 Å². The zero-order chi connectivity index (χ0) is 19.3. The molecule has 2 rings (SSSR count). The number of anilines is 1. The molecule has 0 amide bonds. The fourth-order valence-electron chi connectivity index (χ4n) is 2.29. The smallest absolute Gasteiger partial charge is 0.353 e. The summed E-state index contributed by atoms with van der Waals surface area (Å²) in [6.45, 7) is 3.42. The predicted molar refractivity (Wildman–Crippen MR) is 95.9 cm³/mol. The Hall–Kier alpha value is -1.46. The Morgan fingerprint density at radius 1 is 1.65 bits per heavy atom. The Kier molecular flexibility index (Phi) is 7.59. The zero-order valence-corrected chi connectivity index (χ0v) is 16.1. The summed E-state index contributed by atoms with van der Waals surface area (Å²) in [5.41, 5.74) is 4.81. The summed E-state index contributed by atoms with van der Waals surface area (Å²) in [5, 5.41) is 11.9. The predicted octanol–water partition coefficient (Wildman–Crippen LogP) is -0.467. The highest BCUT2D eigenvalue weighted by Crippen LogP contribution is 2.41. The number of nitrogens with zero attached hydrogens (tertiary/aromatic N) is 3. The first-order chi connectivity index (χ1) is 12.3. The van der Waals surface area contributed by atoms with Crippen molar-refractivity contribution in [2.75, 3.05) is 18.9 Å². The van der Waals surface area contributed by atoms with Crippen LogP contribution in [-0.4, -0.2) is 56.2 Å². The van der Waals surface area contributed by atoms with Crippen molar-refractivity contribution in [3.05, 3.63) is 16.8 Å². The molecule has 0 spiro atoms. The van der Waals surface area contributed by atoms with Gasteiger partial charge < -0.3 is 20.1 Å². The minimum atomic E-state index is -2.69. The lowest BCUT2D eigenvalue weighted by molar-refractivity contribution is -0.144. The van der Waals surface area contributed by atoms with Gasteiger partial charge >= 0.3 is 11.7 Å². The molecule has 0 radical (unpaired) electrons. The Balaban J connectivity index is 1.86. The quantitative estimate of drug-likeness (QED) is 0.378. The summed E-state index contributed by atoms with van der Waals surface area (Å²) in [6, 6.07) is -0.763. The summed E-state index contributed by atoms with van der Waals surface area (Å²) in [6.07, 6.45) is 0.815. The molecule has 1 fully saturated rings. The number of aliphatic hydroxyl groups is 1. The van der Waals surface area contributed by atoms with E-state index >= 15 is 0 Å². The van der Waals surface area contributed by atoms with Crippen molar-refractivity contribution >= 4 is 31.9 Å². The number of carbonyl (C=O) groups excluding carboxylic acids is 1. The van der Waals surface area contributed by atoms with Gasteiger partial charge in [-0.3, -0.25) is 13.9 Å². The van der Waals surface area contributed by atoms with Crippen LogP contribution in [0.4, 0.5) is 5.95 Å². The van der Waals surface area contributed by atoms with E-state index in [0.717, 1.165) is 0 Å². The summed E-state index contributed by atoms with van der Waals surface area (Å²) < 4.78 is 23.3. The molecule has 1 saturated heterocycles. The maximum atomic E-state index is 11.9. The van der Waals surface area contributed by atoms with Gasteiger partial charge in [-0.2, -0.15) is 4.98 Å². The van der Waals surface area contributed by atoms with Crippen LogP contribution in [0.3, 0.4) is 0 Å². The van der Waals surface area contributed by atoms with Gasteiger partial charge in [0.05, 0.1) is 29.9 Å². The molecule has 5 atom stereocenters. The summed E-state index contributed by atoms with van der Waals surface area (Å²) >= 11 is 1.29. The number of nitrogens with two attached hydrogens (primary N) is 1. The van der Waals surface area contributed by atoms with Gasteiger partial charge in [-0.1, -0.05) is 0 Å². The van der Waals surface area contributed by atoms with Gasteiger partial charge in [0, 0.05) is 6.42 Å². The SMILES string of the molecule is CCOC(=O)[C@H](C)N[PH](=O)OCC1S[C@@H](n2cnc(N)nc2=O)C[C@H]1O. The van der Waals surface area contributed by atoms with E-state index in [-0.39, 0.29) is 24.5 Å². The number of ether oxygens (including phenoxy) is 1. The molecule has 1 aromatic rings. The summed E-state index contributed by atoms with van der Waals surface area (Å²) in [7, 11) is -2.69. The zero-order valence-electron chi connectivity index (χ0n) is 14.3. The van der Waals surface area contributed by atoms with Crippen molar-refractivity contribution in [3.63, 3.8) is 0 Å². The number of carbonyl (C=O) groups is 1. The number of hydrogen-bond donors (Lipinski definition) is 3. The maximum absolute atomic E-state index is 11.9. The molecular formula is C13H22N5O6PS. The highest BCUT2D eigenvalue weighted by atomic mass is 32.2. The molecule has 1 aliphatic rings. The third-order valence-electron chi connectivity index (χ3n) is 3.61. The highest BCUT2D eigenvalue weighted by molar-refractivity contribution is 8.00. The first-order valence-electron chi connectivity index (χ1n) is 7.96. The van der Waals surface area contributed by atoms with Crippen LogP contribution in [0.5, 0.6) is 0 Å². The van der Waals surface area contributed by atoms with Crippen LogP contribution in [0, 0.1) is 0 Å². The molecule has 11 nitrogen and oxygen atoms in total. The van der Waals surface area contributed by atoms with Crippen LogP contribution in [-0.2, 0) is 18.6 Å². The maximum Gasteiger partial charge on any atom is 0.353 e. The van der Waals surface area contributed by atoms with Crippen LogP contribution in [0.2, 0.25) is 0 Å². The Morgan fingerprint density at radius 2 is 2.38 bits per heavy atom. The normalized spacial score (nSPS) is 25.0. The van der Waals surface area contributed by atoms with E-state index in [1.807, 2.05) is 0 Å². The third-order valence-corrected chi connectivity index (χ3v) is 6.24. The topological polar surface area (TPSA) is 159 Å². The van der Waals surface area contributed by atoms with Crippen LogP contribution in [0.25, 0.3) is 0 Å². The van der Waals surface area contributed by atoms with Gasteiger partial charge in [-0.25, -0.2) is 14.9 Å². The van der Waals surface area contributed by atoms with Crippen molar-refractivity contribution in [2.24, 2.45) is 0 Å². The molecule has 0 bridgehead atoms. The fraction of sp³-hybridized carbons (Fsp3) is 0.692. The fourth-order valence-corrected chi connectivity index (χ4v) is 4.72. The first-order valence-corrected chi connectivity index (χ1v) is 10.2. The van der Waals surface area contributed by atoms with Gasteiger partial charge in [-0.15, -0.1) is 11.8 Å². The number of thioether (sulfide) groups is 1. The van der Waals surface area contributed by atoms with Crippen molar-refractivity contribution in [2.45, 2.75) is 43.0 Å². The Bertz CT molecular complexity index is 719. The monoisotopic (exact) mass is 407 g/mol. The second-order valence-electron chi connectivity index (χ2n) is 5.55. The van der Waals surface area contributed by atoms with Crippen LogP contribution >= 0.6 is 19.9 Å². The number of aliphatic hydroxyl groups excluding tert-OH is 1. The van der Waals surface area contributed by atoms with E-state index in [1.165, 1.54) is 29.6 Å². The molecule has 2 unspecified atom stereocenters. The number of rotatable bonds is 8. The summed E-state index contributed by atoms with van der Waals surface area (Å²) in [4.78, 5) is 30.7. The molecule has 2 heterocycles. The van der Waals surface area contributed by atoms with Crippen molar-refractivity contribution < 1.29 is 23.7 Å². The van der Waals surface area contributed by atoms with Gasteiger partial charge in [-0.05, 0) is 13.8 Å². The van der Waals surface area contributed by atoms with E-state index in [1.54, 1.807) is 6.92 Å². The first kappa shape index (κ1) is 20.8. The molecule has 146 valence electrons. The summed E-state index contributed by atoms with van der Waals surface area (Å²) in [5.74, 6) is -0.636. The molecule has 4 N–H and O–H groups in total. The van der Waals surface area contributed by atoms with E-state index < -0.39 is 37.2 Å². The van der Waals surface area contributed by atoms with E-state index in [9.17, 15) is 19.3 Å². The van der Waals surface area contributed by atoms with Crippen LogP contribution in [0.1, 0.15) is 25.6 Å². The molecule has 1 aromatic heterocycles. The van der Waals surface area contributed by atoms with Gasteiger partial charge in [0.2, 0.25) is 5.95 Å². The van der Waals surface area contributed by atoms with Crippen LogP contribution < -0.4 is 16.5 Å². The number of nitrogens with one attached hydrogen (secondary N) is 1. The number of nitrogen functional groups attached to an aromatic ring is 1. The van der Waals surface area contributed by atoms with Gasteiger partial charge in [0.25, 0.3) is 8.18 Å². The standard InChI is InChI=1S/C13H22N5O6PS/c1-3-23-11(20)7(2)17-25(22)24-5-9-8(19)4-10(26-9)18-6-15-12(14)16-13(18)21/h6-10,19,25H,3-5H2,1-2H3,(H,17,22)(H2,14,16,21)/t7-,8+,9?,10+/m0/s1. The van der Waals surface area contributed by atoms with E-state index in [0.29, 0.717) is 6.42 Å². The Morgan fingerprint density at radius 3 is 3.04 bits per heavy atom. The second kappa shape index (κ2) is 9.47. The molecule has 0 aromatic carbocycles. The third kappa shape index (κ3) is 5.52. The second-order valence-corrected chi connectivity index (χ2v) is 8.13. The minimum absolute atomic E-state index is 0.00669. The molecule has 0 aliphatic carbocycles. The minimum Gasteiger partial charge on any atom is -0.465 e. The average Bonchev–Trinajstić information content (AvgIpc) is 2.93. The Labute approximate surface area is 154 Å². The highest BCUT2D eigenvalue weighted by Gasteiger charge is 2.36. The van der Waals surface area contributed by atoms with E-state index in [4.69, 9.17) is 15.0 Å². The lowest BCUT2D eigenvalue weighted by atomic mass is 10.2. The van der Waals surface area contributed by atoms with Gasteiger partial charge in [0.1, 0.15) is 12.4 Å². The molecule has 26 heavy (non-hydrogen) atoms. The average molecular weight is 407 g/mol. The molecular weight excluding hydrogens is 385 g/mol. The van der Waals surface area contributed by atoms with Gasteiger partial charge in [0.15, 0.2) is 0 Å². The largest absolute Gasteiger partial charge is 0.465 e. The number of aromatic nitrogens is 3. The van der Waals surface area contributed by atoms with Crippen molar-refractivity contribution in [3.8, 4) is 0 Å². The molecule has 13 heteroatoms. The lowest BCUT2D eigenvalue weighted by Crippen LogP contribution is -2.31. The molecule has 0 saturated carbocycles. The molecule has 1 aliphatic heterocycles. The van der Waals surface area contributed by atoms with E-state index in [2.05, 4.69) is 15.1 Å². The number of hydrogen-bond acceptors (Lipinski definition) is 10. The number of esters is 1. The van der Waals surface area contributed by atoms with Crippen molar-refractivity contribution in [1.29, 1.82) is 0 Å².